The third-order valence-electron chi connectivity index (χ3n) is 4.64. The Bertz CT molecular complexity index is 1260. The van der Waals surface area contributed by atoms with Gasteiger partial charge in [-0.25, -0.2) is 4.68 Å². The smallest absolute Gasteiger partial charge is 0.267 e. The van der Waals surface area contributed by atoms with Crippen LogP contribution in [0.2, 0.25) is 0 Å². The van der Waals surface area contributed by atoms with Crippen LogP contribution in [-0.2, 0) is 6.54 Å². The maximum atomic E-state index is 12.3. The number of aromatic nitrogens is 4. The molecule has 3 heterocycles. The Balaban J connectivity index is 1.40. The van der Waals surface area contributed by atoms with Crippen LogP contribution in [0.15, 0.2) is 63.9 Å². The Kier molecular flexibility index (Phi) is 4.40. The lowest BCUT2D eigenvalue weighted by Gasteiger charge is -2.06. The Hall–Kier alpha value is -4.14. The van der Waals surface area contributed by atoms with Gasteiger partial charge in [0.05, 0.1) is 12.8 Å². The lowest BCUT2D eigenvalue weighted by Crippen LogP contribution is -2.23. The van der Waals surface area contributed by atoms with Crippen molar-refractivity contribution in [1.29, 1.82) is 0 Å². The zero-order chi connectivity index (χ0) is 20.5. The highest BCUT2D eigenvalue weighted by Gasteiger charge is 2.17. The molecular formula is C21H16N4O5. The number of rotatable bonds is 5. The standard InChI is InChI=1S/C21H16N4O5/c1-27-15-5-2-13(3-6-15)16-7-9-20(26)25(23-16)11-19-22-21(24-30-19)14-4-8-17-18(10-14)29-12-28-17/h2-10H,11-12H2,1H3. The van der Waals surface area contributed by atoms with E-state index in [4.69, 9.17) is 18.7 Å². The van der Waals surface area contributed by atoms with E-state index in [9.17, 15) is 4.79 Å². The van der Waals surface area contributed by atoms with Crippen LogP contribution in [0.1, 0.15) is 5.89 Å². The van der Waals surface area contributed by atoms with Crippen LogP contribution in [-0.4, -0.2) is 33.8 Å². The molecule has 9 nitrogen and oxygen atoms in total. The number of nitrogens with zero attached hydrogens (tertiary/aromatic N) is 4. The minimum Gasteiger partial charge on any atom is -0.497 e. The SMILES string of the molecule is COc1ccc(-c2ccc(=O)n(Cc3nc(-c4ccc5c(c4)OCO5)no3)n2)cc1. The summed E-state index contributed by atoms with van der Waals surface area (Å²) in [4.78, 5) is 16.6. The van der Waals surface area contributed by atoms with Crippen LogP contribution in [0, 0.1) is 0 Å². The van der Waals surface area contributed by atoms with Crippen molar-refractivity contribution in [3.05, 3.63) is 70.8 Å². The van der Waals surface area contributed by atoms with Gasteiger partial charge in [-0.1, -0.05) is 5.16 Å². The Morgan fingerprint density at radius 1 is 1.00 bits per heavy atom. The maximum absolute atomic E-state index is 12.3. The van der Waals surface area contributed by atoms with E-state index in [1.54, 1.807) is 25.3 Å². The second kappa shape index (κ2) is 7.36. The van der Waals surface area contributed by atoms with E-state index in [2.05, 4.69) is 15.2 Å². The molecule has 0 saturated heterocycles. The molecule has 0 saturated carbocycles. The Morgan fingerprint density at radius 2 is 1.80 bits per heavy atom. The molecule has 1 aliphatic heterocycles. The van der Waals surface area contributed by atoms with E-state index in [-0.39, 0.29) is 24.8 Å². The lowest BCUT2D eigenvalue weighted by atomic mass is 10.1. The molecule has 0 N–H and O–H groups in total. The van der Waals surface area contributed by atoms with Crippen LogP contribution < -0.4 is 19.8 Å². The second-order valence-electron chi connectivity index (χ2n) is 6.52. The summed E-state index contributed by atoms with van der Waals surface area (Å²) in [7, 11) is 1.61. The number of fused-ring (bicyclic) bond motifs is 1. The van der Waals surface area contributed by atoms with Crippen molar-refractivity contribution >= 4 is 0 Å². The monoisotopic (exact) mass is 404 g/mol. The first-order valence-electron chi connectivity index (χ1n) is 9.15. The predicted octanol–water partition coefficient (Wildman–Crippen LogP) is 2.75. The molecule has 0 atom stereocenters. The molecule has 0 spiro atoms. The third kappa shape index (κ3) is 3.37. The van der Waals surface area contributed by atoms with E-state index < -0.39 is 0 Å². The van der Waals surface area contributed by atoms with Crippen molar-refractivity contribution in [2.75, 3.05) is 13.9 Å². The van der Waals surface area contributed by atoms with Crippen LogP contribution in [0.3, 0.4) is 0 Å². The topological polar surface area (TPSA) is 102 Å². The molecule has 2 aromatic carbocycles. The minimum absolute atomic E-state index is 0.0559. The molecular weight excluding hydrogens is 388 g/mol. The van der Waals surface area contributed by atoms with Crippen LogP contribution >= 0.6 is 0 Å². The first kappa shape index (κ1) is 17.9. The molecule has 30 heavy (non-hydrogen) atoms. The molecule has 5 rings (SSSR count). The van der Waals surface area contributed by atoms with Gasteiger partial charge in [-0.3, -0.25) is 4.79 Å². The first-order chi connectivity index (χ1) is 14.7. The van der Waals surface area contributed by atoms with E-state index >= 15 is 0 Å². The molecule has 4 aromatic rings. The summed E-state index contributed by atoms with van der Waals surface area (Å²) in [6, 6.07) is 15.9. The predicted molar refractivity (Wildman–Crippen MR) is 105 cm³/mol. The third-order valence-corrected chi connectivity index (χ3v) is 4.64. The fourth-order valence-corrected chi connectivity index (χ4v) is 3.08. The summed E-state index contributed by atoms with van der Waals surface area (Å²) in [5.41, 5.74) is 1.96. The summed E-state index contributed by atoms with van der Waals surface area (Å²) in [6.07, 6.45) is 0. The van der Waals surface area contributed by atoms with E-state index in [0.717, 1.165) is 16.9 Å². The van der Waals surface area contributed by atoms with Gasteiger partial charge in [0.25, 0.3) is 5.56 Å². The lowest BCUT2D eigenvalue weighted by molar-refractivity contribution is 0.174. The molecule has 0 unspecified atom stereocenters. The zero-order valence-corrected chi connectivity index (χ0v) is 15.9. The van der Waals surface area contributed by atoms with Gasteiger partial charge >= 0.3 is 0 Å². The maximum Gasteiger partial charge on any atom is 0.267 e. The fraction of sp³-hybridized carbons (Fsp3) is 0.143. The Morgan fingerprint density at radius 3 is 2.63 bits per heavy atom. The molecule has 1 aliphatic rings. The van der Waals surface area contributed by atoms with Gasteiger partial charge in [0.1, 0.15) is 12.3 Å². The second-order valence-corrected chi connectivity index (χ2v) is 6.52. The van der Waals surface area contributed by atoms with Crippen LogP contribution in [0.4, 0.5) is 0 Å². The fourth-order valence-electron chi connectivity index (χ4n) is 3.08. The van der Waals surface area contributed by atoms with Gasteiger partial charge in [-0.05, 0) is 48.5 Å². The molecule has 0 amide bonds. The van der Waals surface area contributed by atoms with Crippen molar-refractivity contribution < 1.29 is 18.7 Å². The van der Waals surface area contributed by atoms with Gasteiger partial charge in [-0.15, -0.1) is 0 Å². The number of hydrogen-bond acceptors (Lipinski definition) is 8. The Labute approximate surface area is 170 Å². The average molecular weight is 404 g/mol. The van der Waals surface area contributed by atoms with Crippen molar-refractivity contribution in [3.8, 4) is 39.9 Å². The summed E-state index contributed by atoms with van der Waals surface area (Å²) in [5.74, 6) is 2.71. The van der Waals surface area contributed by atoms with Gasteiger partial charge < -0.3 is 18.7 Å². The molecule has 2 aromatic heterocycles. The first-order valence-corrected chi connectivity index (χ1v) is 9.15. The molecule has 0 bridgehead atoms. The highest BCUT2D eigenvalue weighted by molar-refractivity contribution is 5.61. The largest absolute Gasteiger partial charge is 0.497 e. The molecule has 0 aliphatic carbocycles. The van der Waals surface area contributed by atoms with Crippen molar-refractivity contribution in [3.63, 3.8) is 0 Å². The number of hydrogen-bond donors (Lipinski definition) is 0. The molecule has 9 heteroatoms. The highest BCUT2D eigenvalue weighted by atomic mass is 16.7. The molecule has 150 valence electrons. The zero-order valence-electron chi connectivity index (χ0n) is 15.9. The van der Waals surface area contributed by atoms with E-state index in [1.165, 1.54) is 10.7 Å². The number of benzene rings is 2. The summed E-state index contributed by atoms with van der Waals surface area (Å²) >= 11 is 0. The van der Waals surface area contributed by atoms with Gasteiger partial charge in [0.15, 0.2) is 11.5 Å². The van der Waals surface area contributed by atoms with Gasteiger partial charge in [-0.2, -0.15) is 10.1 Å². The number of ether oxygens (including phenoxy) is 3. The normalized spacial score (nSPS) is 12.2. The van der Waals surface area contributed by atoms with Crippen molar-refractivity contribution in [2.24, 2.45) is 0 Å². The minimum atomic E-state index is -0.268. The van der Waals surface area contributed by atoms with Crippen molar-refractivity contribution in [1.82, 2.24) is 19.9 Å². The summed E-state index contributed by atoms with van der Waals surface area (Å²) < 4.78 is 22.5. The van der Waals surface area contributed by atoms with E-state index in [0.29, 0.717) is 23.0 Å². The summed E-state index contributed by atoms with van der Waals surface area (Å²) in [6.45, 7) is 0.246. The van der Waals surface area contributed by atoms with Crippen LogP contribution in [0.25, 0.3) is 22.6 Å². The van der Waals surface area contributed by atoms with Crippen LogP contribution in [0.5, 0.6) is 17.2 Å². The summed E-state index contributed by atoms with van der Waals surface area (Å²) in [5, 5.41) is 8.42. The van der Waals surface area contributed by atoms with E-state index in [1.807, 2.05) is 30.3 Å². The average Bonchev–Trinajstić information content (AvgIpc) is 3.44. The van der Waals surface area contributed by atoms with Gasteiger partial charge in [0, 0.05) is 17.2 Å². The van der Waals surface area contributed by atoms with Crippen molar-refractivity contribution in [2.45, 2.75) is 6.54 Å². The van der Waals surface area contributed by atoms with Gasteiger partial charge in [0.2, 0.25) is 18.5 Å². The molecule has 0 fully saturated rings. The highest BCUT2D eigenvalue weighted by Crippen LogP contribution is 2.35. The molecule has 0 radical (unpaired) electrons. The quantitative estimate of drug-likeness (QED) is 0.500. The number of methoxy groups -OCH3 is 1.